The monoisotopic (exact) mass is 266 g/mol. The Morgan fingerprint density at radius 1 is 1.17 bits per heavy atom. The molecule has 0 aliphatic rings. The molecule has 0 unspecified atom stereocenters. The van der Waals surface area contributed by atoms with Crippen molar-refractivity contribution in [1.29, 1.82) is 0 Å². The van der Waals surface area contributed by atoms with Crippen LogP contribution in [0.15, 0.2) is 36.4 Å². The number of carbonyl (C=O) groups excluding carboxylic acids is 1. The van der Waals surface area contributed by atoms with E-state index in [9.17, 15) is 13.6 Å². The van der Waals surface area contributed by atoms with Crippen LogP contribution < -0.4 is 0 Å². The van der Waals surface area contributed by atoms with E-state index >= 15 is 0 Å². The molecule has 0 radical (unpaired) electrons. The van der Waals surface area contributed by atoms with Gasteiger partial charge in [-0.15, -0.1) is 0 Å². The van der Waals surface area contributed by atoms with Crippen LogP contribution in [0.4, 0.5) is 8.78 Å². The molecule has 2 rings (SSSR count). The number of ketones is 1. The summed E-state index contributed by atoms with van der Waals surface area (Å²) in [5.74, 6) is -1.61. The Labute approximate surface area is 108 Å². The molecular formula is C14H9ClF2O. The maximum absolute atomic E-state index is 13.8. The van der Waals surface area contributed by atoms with Gasteiger partial charge in [-0.05, 0) is 30.7 Å². The minimum Gasteiger partial charge on any atom is -0.294 e. The molecule has 18 heavy (non-hydrogen) atoms. The van der Waals surface area contributed by atoms with Gasteiger partial charge in [0.1, 0.15) is 11.6 Å². The van der Waals surface area contributed by atoms with E-state index in [1.54, 1.807) is 6.07 Å². The van der Waals surface area contributed by atoms with Crippen molar-refractivity contribution in [2.24, 2.45) is 0 Å². The first-order chi connectivity index (χ1) is 8.50. The standard InChI is InChI=1S/C14H9ClF2O/c1-8(18)11-7-9(5-6-13(11)16)10-3-2-4-12(15)14(10)17/h2-7H,1H3. The Bertz CT molecular complexity index is 623. The number of benzene rings is 2. The fourth-order valence-electron chi connectivity index (χ4n) is 1.69. The largest absolute Gasteiger partial charge is 0.294 e. The van der Waals surface area contributed by atoms with Crippen molar-refractivity contribution in [2.75, 3.05) is 0 Å². The molecular weight excluding hydrogens is 258 g/mol. The highest BCUT2D eigenvalue weighted by atomic mass is 35.5. The van der Waals surface area contributed by atoms with Crippen LogP contribution in [-0.2, 0) is 0 Å². The third-order valence-corrected chi connectivity index (χ3v) is 2.90. The average Bonchev–Trinajstić information content (AvgIpc) is 2.33. The second kappa shape index (κ2) is 4.86. The fraction of sp³-hybridized carbons (Fsp3) is 0.0714. The quantitative estimate of drug-likeness (QED) is 0.732. The molecule has 0 amide bonds. The highest BCUT2D eigenvalue weighted by molar-refractivity contribution is 6.31. The summed E-state index contributed by atoms with van der Waals surface area (Å²) in [5, 5.41) is -0.0128. The van der Waals surface area contributed by atoms with E-state index in [2.05, 4.69) is 0 Å². The summed E-state index contributed by atoms with van der Waals surface area (Å²) in [5.41, 5.74) is 0.596. The number of rotatable bonds is 2. The van der Waals surface area contributed by atoms with Crippen LogP contribution in [0, 0.1) is 11.6 Å². The lowest BCUT2D eigenvalue weighted by Crippen LogP contribution is -1.98. The Kier molecular flexibility index (Phi) is 3.43. The van der Waals surface area contributed by atoms with Crippen LogP contribution in [-0.4, -0.2) is 5.78 Å². The molecule has 0 spiro atoms. The Morgan fingerprint density at radius 2 is 1.89 bits per heavy atom. The van der Waals surface area contributed by atoms with Crippen molar-refractivity contribution in [3.63, 3.8) is 0 Å². The molecule has 0 atom stereocenters. The van der Waals surface area contributed by atoms with Crippen LogP contribution in [0.3, 0.4) is 0 Å². The summed E-state index contributed by atoms with van der Waals surface area (Å²) in [6.45, 7) is 1.26. The molecule has 0 saturated heterocycles. The predicted molar refractivity (Wildman–Crippen MR) is 66.8 cm³/mol. The summed E-state index contributed by atoms with van der Waals surface area (Å²) < 4.78 is 27.2. The zero-order valence-corrected chi connectivity index (χ0v) is 10.3. The van der Waals surface area contributed by atoms with Gasteiger partial charge in [0.25, 0.3) is 0 Å². The zero-order valence-electron chi connectivity index (χ0n) is 9.51. The van der Waals surface area contributed by atoms with E-state index in [0.717, 1.165) is 6.07 Å². The topological polar surface area (TPSA) is 17.1 Å². The molecule has 2 aromatic rings. The first kappa shape index (κ1) is 12.7. The maximum atomic E-state index is 13.8. The summed E-state index contributed by atoms with van der Waals surface area (Å²) >= 11 is 5.68. The molecule has 0 fully saturated rings. The van der Waals surface area contributed by atoms with Crippen molar-refractivity contribution in [3.8, 4) is 11.1 Å². The Hall–Kier alpha value is -1.74. The molecule has 0 aliphatic heterocycles. The van der Waals surface area contributed by atoms with Crippen molar-refractivity contribution in [2.45, 2.75) is 6.92 Å². The molecule has 0 N–H and O–H groups in total. The summed E-state index contributed by atoms with van der Waals surface area (Å²) in [6.07, 6.45) is 0. The van der Waals surface area contributed by atoms with Gasteiger partial charge in [0.2, 0.25) is 0 Å². The van der Waals surface area contributed by atoms with E-state index < -0.39 is 17.4 Å². The average molecular weight is 267 g/mol. The van der Waals surface area contributed by atoms with Crippen LogP contribution in [0.1, 0.15) is 17.3 Å². The van der Waals surface area contributed by atoms with Gasteiger partial charge in [-0.1, -0.05) is 29.8 Å². The SMILES string of the molecule is CC(=O)c1cc(-c2cccc(Cl)c2F)ccc1F. The summed E-state index contributed by atoms with van der Waals surface area (Å²) in [7, 11) is 0. The van der Waals surface area contributed by atoms with E-state index in [4.69, 9.17) is 11.6 Å². The number of hydrogen-bond donors (Lipinski definition) is 0. The minimum atomic E-state index is -0.617. The van der Waals surface area contributed by atoms with Gasteiger partial charge in [0.05, 0.1) is 10.6 Å². The second-order valence-corrected chi connectivity index (χ2v) is 4.26. The van der Waals surface area contributed by atoms with Gasteiger partial charge in [-0.2, -0.15) is 0 Å². The maximum Gasteiger partial charge on any atom is 0.162 e. The van der Waals surface area contributed by atoms with Gasteiger partial charge >= 0.3 is 0 Å². The molecule has 0 aromatic heterocycles. The highest BCUT2D eigenvalue weighted by Gasteiger charge is 2.12. The van der Waals surface area contributed by atoms with E-state index in [1.165, 1.54) is 31.2 Å². The van der Waals surface area contributed by atoms with E-state index in [0.29, 0.717) is 5.56 Å². The fourth-order valence-corrected chi connectivity index (χ4v) is 1.86. The number of Topliss-reactive ketones (excluding diaryl/α,β-unsaturated/α-hetero) is 1. The van der Waals surface area contributed by atoms with Gasteiger partial charge in [0, 0.05) is 5.56 Å². The lowest BCUT2D eigenvalue weighted by Gasteiger charge is -2.07. The van der Waals surface area contributed by atoms with Crippen molar-refractivity contribution in [1.82, 2.24) is 0 Å². The minimum absolute atomic E-state index is 0.0128. The Morgan fingerprint density at radius 3 is 2.56 bits per heavy atom. The molecule has 92 valence electrons. The number of hydrogen-bond acceptors (Lipinski definition) is 1. The van der Waals surface area contributed by atoms with Crippen LogP contribution in [0.5, 0.6) is 0 Å². The molecule has 0 saturated carbocycles. The number of carbonyl (C=O) groups is 1. The van der Waals surface area contributed by atoms with Crippen LogP contribution in [0.2, 0.25) is 5.02 Å². The second-order valence-electron chi connectivity index (χ2n) is 3.85. The Balaban J connectivity index is 2.62. The predicted octanol–water partition coefficient (Wildman–Crippen LogP) is 4.49. The number of halogens is 3. The van der Waals surface area contributed by atoms with Gasteiger partial charge < -0.3 is 0 Å². The van der Waals surface area contributed by atoms with Crippen molar-refractivity contribution in [3.05, 3.63) is 58.6 Å². The molecule has 0 heterocycles. The normalized spacial score (nSPS) is 10.4. The first-order valence-electron chi connectivity index (χ1n) is 5.25. The molecule has 2 aromatic carbocycles. The van der Waals surface area contributed by atoms with E-state index in [1.807, 2.05) is 0 Å². The molecule has 1 nitrogen and oxygen atoms in total. The third kappa shape index (κ3) is 2.27. The lowest BCUT2D eigenvalue weighted by atomic mass is 10.0. The van der Waals surface area contributed by atoms with E-state index in [-0.39, 0.29) is 16.1 Å². The third-order valence-electron chi connectivity index (χ3n) is 2.61. The first-order valence-corrected chi connectivity index (χ1v) is 5.63. The summed E-state index contributed by atoms with van der Waals surface area (Å²) in [4.78, 5) is 11.2. The highest BCUT2D eigenvalue weighted by Crippen LogP contribution is 2.28. The molecule has 0 bridgehead atoms. The van der Waals surface area contributed by atoms with Gasteiger partial charge in [0.15, 0.2) is 5.78 Å². The smallest absolute Gasteiger partial charge is 0.162 e. The van der Waals surface area contributed by atoms with Crippen LogP contribution in [0.25, 0.3) is 11.1 Å². The lowest BCUT2D eigenvalue weighted by molar-refractivity contribution is 0.101. The molecule has 0 aliphatic carbocycles. The van der Waals surface area contributed by atoms with Gasteiger partial charge in [-0.25, -0.2) is 8.78 Å². The molecule has 4 heteroatoms. The van der Waals surface area contributed by atoms with Crippen LogP contribution >= 0.6 is 11.6 Å². The van der Waals surface area contributed by atoms with Gasteiger partial charge in [-0.3, -0.25) is 4.79 Å². The summed E-state index contributed by atoms with van der Waals surface area (Å²) in [6, 6.07) is 8.43. The van der Waals surface area contributed by atoms with Crippen molar-refractivity contribution < 1.29 is 13.6 Å². The zero-order chi connectivity index (χ0) is 13.3. The van der Waals surface area contributed by atoms with Crippen molar-refractivity contribution >= 4 is 17.4 Å².